The average Bonchev–Trinajstić information content (AvgIpc) is 2.82. The molecule has 0 saturated carbocycles. The van der Waals surface area contributed by atoms with Crippen molar-refractivity contribution >= 4 is 35.2 Å². The molecule has 1 aliphatic rings. The van der Waals surface area contributed by atoms with E-state index < -0.39 is 0 Å². The molecule has 2 amide bonds. The van der Waals surface area contributed by atoms with E-state index in [2.05, 4.69) is 10.6 Å². The van der Waals surface area contributed by atoms with Gasteiger partial charge in [0, 0.05) is 17.1 Å². The number of anilines is 1. The first-order valence-corrected chi connectivity index (χ1v) is 11.0. The fourth-order valence-corrected chi connectivity index (χ4v) is 3.48. The van der Waals surface area contributed by atoms with Gasteiger partial charge in [0.15, 0.2) is 11.5 Å². The zero-order valence-electron chi connectivity index (χ0n) is 18.1. The van der Waals surface area contributed by atoms with Gasteiger partial charge in [-0.3, -0.25) is 9.59 Å². The summed E-state index contributed by atoms with van der Waals surface area (Å²) < 4.78 is 11.2. The Morgan fingerprint density at radius 1 is 1.09 bits per heavy atom. The molecule has 33 heavy (non-hydrogen) atoms. The number of amides is 2. The molecule has 3 aromatic carbocycles. The van der Waals surface area contributed by atoms with Crippen LogP contribution in [0.2, 0.25) is 5.02 Å². The van der Waals surface area contributed by atoms with Crippen LogP contribution in [0.5, 0.6) is 11.5 Å². The lowest BCUT2D eigenvalue weighted by atomic mass is 10.1. The molecule has 0 aromatic heterocycles. The Bertz CT molecular complexity index is 1190. The zero-order chi connectivity index (χ0) is 23.2. The summed E-state index contributed by atoms with van der Waals surface area (Å²) in [6.45, 7) is 3.06. The van der Waals surface area contributed by atoms with Gasteiger partial charge in [-0.2, -0.15) is 0 Å². The molecule has 168 valence electrons. The number of carbonyl (C=O) groups excluding carboxylic acids is 2. The maximum Gasteiger partial charge on any atom is 0.291 e. The number of benzene rings is 3. The third kappa shape index (κ3) is 5.73. The molecule has 0 unspecified atom stereocenters. The Morgan fingerprint density at radius 2 is 1.85 bits per heavy atom. The van der Waals surface area contributed by atoms with Gasteiger partial charge in [-0.05, 0) is 73.0 Å². The molecule has 2 N–H and O–H groups in total. The lowest BCUT2D eigenvalue weighted by Crippen LogP contribution is -2.27. The summed E-state index contributed by atoms with van der Waals surface area (Å²) in [7, 11) is 0. The smallest absolute Gasteiger partial charge is 0.291 e. The van der Waals surface area contributed by atoms with Gasteiger partial charge >= 0.3 is 0 Å². The van der Waals surface area contributed by atoms with Crippen LogP contribution in [0.4, 0.5) is 5.69 Å². The second kappa shape index (κ2) is 10.2. The predicted octanol–water partition coefficient (Wildman–Crippen LogP) is 5.08. The average molecular weight is 463 g/mol. The minimum atomic E-state index is -0.384. The van der Waals surface area contributed by atoms with Crippen LogP contribution in [-0.4, -0.2) is 25.0 Å². The van der Waals surface area contributed by atoms with Crippen molar-refractivity contribution < 1.29 is 19.1 Å². The Hall–Kier alpha value is -3.77. The third-order valence-electron chi connectivity index (χ3n) is 5.04. The van der Waals surface area contributed by atoms with Crippen molar-refractivity contribution in [2.75, 3.05) is 18.5 Å². The number of hydrogen-bond donors (Lipinski definition) is 2. The van der Waals surface area contributed by atoms with Gasteiger partial charge in [0.1, 0.15) is 5.75 Å². The summed E-state index contributed by atoms with van der Waals surface area (Å²) in [5, 5.41) is 6.30. The van der Waals surface area contributed by atoms with Crippen molar-refractivity contribution in [2.45, 2.75) is 13.3 Å². The van der Waals surface area contributed by atoms with E-state index in [1.54, 1.807) is 48.5 Å². The molecule has 7 heteroatoms. The van der Waals surface area contributed by atoms with E-state index in [0.717, 1.165) is 16.9 Å². The van der Waals surface area contributed by atoms with Crippen molar-refractivity contribution in [1.82, 2.24) is 5.32 Å². The molecule has 0 atom stereocenters. The lowest BCUT2D eigenvalue weighted by Gasteiger charge is -2.20. The van der Waals surface area contributed by atoms with E-state index in [4.69, 9.17) is 21.1 Å². The predicted molar refractivity (Wildman–Crippen MR) is 129 cm³/mol. The molecule has 4 rings (SSSR count). The quantitative estimate of drug-likeness (QED) is 0.480. The summed E-state index contributed by atoms with van der Waals surface area (Å²) in [5.41, 5.74) is 2.78. The second-order valence-electron chi connectivity index (χ2n) is 7.41. The Balaban J connectivity index is 1.37. The molecule has 0 radical (unpaired) electrons. The van der Waals surface area contributed by atoms with E-state index >= 15 is 0 Å². The van der Waals surface area contributed by atoms with Crippen LogP contribution < -0.4 is 20.1 Å². The van der Waals surface area contributed by atoms with Gasteiger partial charge in [-0.1, -0.05) is 35.9 Å². The van der Waals surface area contributed by atoms with E-state index in [1.165, 1.54) is 0 Å². The van der Waals surface area contributed by atoms with E-state index in [1.807, 2.05) is 31.2 Å². The first kappa shape index (κ1) is 22.4. The number of carbonyl (C=O) groups is 2. The highest BCUT2D eigenvalue weighted by atomic mass is 35.5. The minimum absolute atomic E-state index is 0.164. The number of halogens is 1. The van der Waals surface area contributed by atoms with Gasteiger partial charge in [0.2, 0.25) is 0 Å². The van der Waals surface area contributed by atoms with Crippen LogP contribution in [0.15, 0.2) is 72.5 Å². The SMILES string of the molecule is CCOc1ccc(CCNC(=O)c2ccc3c(c2)NC(=O)/C(=C/c2ccc(Cl)cc2)O3)cc1. The number of ether oxygens (including phenoxy) is 2. The monoisotopic (exact) mass is 462 g/mol. The fourth-order valence-electron chi connectivity index (χ4n) is 3.35. The number of hydrogen-bond acceptors (Lipinski definition) is 4. The molecule has 1 aliphatic heterocycles. The highest BCUT2D eigenvalue weighted by molar-refractivity contribution is 6.30. The van der Waals surface area contributed by atoms with Crippen LogP contribution in [0.1, 0.15) is 28.4 Å². The Morgan fingerprint density at radius 3 is 2.58 bits per heavy atom. The molecule has 0 fully saturated rings. The maximum absolute atomic E-state index is 12.6. The van der Waals surface area contributed by atoms with Crippen LogP contribution in [0.3, 0.4) is 0 Å². The summed E-state index contributed by atoms with van der Waals surface area (Å²) in [5.74, 6) is 0.860. The first-order valence-electron chi connectivity index (χ1n) is 10.6. The molecule has 6 nitrogen and oxygen atoms in total. The summed E-state index contributed by atoms with van der Waals surface area (Å²) in [4.78, 5) is 25.0. The summed E-state index contributed by atoms with van der Waals surface area (Å²) in [6, 6.07) is 19.8. The standard InChI is InChI=1S/C26H23ClN2O4/c1-2-32-21-10-5-17(6-11-21)13-14-28-25(30)19-7-12-23-22(16-19)29-26(31)24(33-23)15-18-3-8-20(27)9-4-18/h3-12,15-16H,2,13-14H2,1H3,(H,28,30)(H,29,31)/b24-15-. The molecule has 3 aromatic rings. The molecular formula is C26H23ClN2O4. The number of nitrogens with one attached hydrogen (secondary N) is 2. The Kier molecular flexibility index (Phi) is 6.95. The normalized spacial score (nSPS) is 13.6. The van der Waals surface area contributed by atoms with Crippen LogP contribution >= 0.6 is 11.6 Å². The van der Waals surface area contributed by atoms with Crippen LogP contribution in [0.25, 0.3) is 6.08 Å². The molecule has 0 aliphatic carbocycles. The molecule has 0 saturated heterocycles. The second-order valence-corrected chi connectivity index (χ2v) is 7.85. The highest BCUT2D eigenvalue weighted by Crippen LogP contribution is 2.32. The van der Waals surface area contributed by atoms with Gasteiger partial charge in [-0.15, -0.1) is 0 Å². The van der Waals surface area contributed by atoms with Crippen molar-refractivity contribution in [1.29, 1.82) is 0 Å². The van der Waals surface area contributed by atoms with E-state index in [-0.39, 0.29) is 17.6 Å². The molecule has 0 spiro atoms. The van der Waals surface area contributed by atoms with Crippen molar-refractivity contribution in [3.05, 3.63) is 94.2 Å². The zero-order valence-corrected chi connectivity index (χ0v) is 18.8. The lowest BCUT2D eigenvalue weighted by molar-refractivity contribution is -0.115. The Labute approximate surface area is 197 Å². The van der Waals surface area contributed by atoms with Crippen molar-refractivity contribution in [3.63, 3.8) is 0 Å². The topological polar surface area (TPSA) is 76.7 Å². The molecular weight excluding hydrogens is 440 g/mol. The van der Waals surface area contributed by atoms with Crippen molar-refractivity contribution in [2.24, 2.45) is 0 Å². The van der Waals surface area contributed by atoms with Gasteiger partial charge in [0.05, 0.1) is 12.3 Å². The third-order valence-corrected chi connectivity index (χ3v) is 5.29. The van der Waals surface area contributed by atoms with Crippen molar-refractivity contribution in [3.8, 4) is 11.5 Å². The fraction of sp³-hybridized carbons (Fsp3) is 0.154. The number of rotatable bonds is 7. The molecule has 1 heterocycles. The van der Waals surface area contributed by atoms with Crippen LogP contribution in [0, 0.1) is 0 Å². The largest absolute Gasteiger partial charge is 0.494 e. The summed E-state index contributed by atoms with van der Waals surface area (Å²) in [6.07, 6.45) is 2.33. The highest BCUT2D eigenvalue weighted by Gasteiger charge is 2.23. The van der Waals surface area contributed by atoms with Gasteiger partial charge in [-0.25, -0.2) is 0 Å². The van der Waals surface area contributed by atoms with Gasteiger partial charge in [0.25, 0.3) is 11.8 Å². The van der Waals surface area contributed by atoms with E-state index in [0.29, 0.717) is 41.6 Å². The van der Waals surface area contributed by atoms with Crippen LogP contribution in [-0.2, 0) is 11.2 Å². The van der Waals surface area contributed by atoms with E-state index in [9.17, 15) is 9.59 Å². The minimum Gasteiger partial charge on any atom is -0.494 e. The van der Waals surface area contributed by atoms with Gasteiger partial charge < -0.3 is 20.1 Å². The maximum atomic E-state index is 12.6. The first-order chi connectivity index (χ1) is 16.0. The summed E-state index contributed by atoms with van der Waals surface area (Å²) >= 11 is 5.90. The number of fused-ring (bicyclic) bond motifs is 1. The molecule has 0 bridgehead atoms.